The molecule has 0 N–H and O–H groups in total. The normalized spacial score (nSPS) is 18.5. The monoisotopic (exact) mass is 249 g/mol. The molecule has 1 fully saturated rings. The molecule has 1 aliphatic heterocycles. The van der Waals surface area contributed by atoms with E-state index in [0.29, 0.717) is 11.4 Å². The van der Waals surface area contributed by atoms with Gasteiger partial charge in [0.2, 0.25) is 5.91 Å². The molecule has 0 aromatic heterocycles. The van der Waals surface area contributed by atoms with Crippen LogP contribution in [0.1, 0.15) is 13.8 Å². The highest BCUT2D eigenvalue weighted by molar-refractivity contribution is 6.15. The van der Waals surface area contributed by atoms with Gasteiger partial charge in [-0.05, 0) is 26.0 Å². The Hall–Kier alpha value is -2.04. The molecule has 1 saturated heterocycles. The van der Waals surface area contributed by atoms with E-state index >= 15 is 0 Å². The van der Waals surface area contributed by atoms with Crippen LogP contribution in [0.3, 0.4) is 0 Å². The fraction of sp³-hybridized carbons (Fsp3) is 0.385. The molecule has 96 valence electrons. The predicted molar refractivity (Wildman–Crippen MR) is 65.6 cm³/mol. The second-order valence-corrected chi connectivity index (χ2v) is 4.78. The number of carbonyl (C=O) groups excluding carboxylic acids is 2. The quantitative estimate of drug-likeness (QED) is 0.806. The number of ether oxygens (including phenoxy) is 2. The molecule has 5 heteroatoms. The molecule has 1 aromatic rings. The van der Waals surface area contributed by atoms with Gasteiger partial charge in [-0.1, -0.05) is 6.07 Å². The van der Waals surface area contributed by atoms with Crippen molar-refractivity contribution in [3.05, 3.63) is 24.3 Å². The second-order valence-electron chi connectivity index (χ2n) is 4.78. The Kier molecular flexibility index (Phi) is 2.98. The topological polar surface area (TPSA) is 55.8 Å². The van der Waals surface area contributed by atoms with Gasteiger partial charge in [0, 0.05) is 6.07 Å². The van der Waals surface area contributed by atoms with Crippen molar-refractivity contribution < 1.29 is 19.1 Å². The molecule has 18 heavy (non-hydrogen) atoms. The fourth-order valence-electron chi connectivity index (χ4n) is 1.73. The molecule has 0 radical (unpaired) electrons. The summed E-state index contributed by atoms with van der Waals surface area (Å²) in [5, 5.41) is 0. The number of nitrogens with zero attached hydrogens (tertiary/aromatic N) is 1. The van der Waals surface area contributed by atoms with Gasteiger partial charge in [-0.25, -0.2) is 9.69 Å². The van der Waals surface area contributed by atoms with E-state index in [4.69, 9.17) is 9.47 Å². The van der Waals surface area contributed by atoms with E-state index in [9.17, 15) is 9.59 Å². The molecule has 0 saturated carbocycles. The van der Waals surface area contributed by atoms with Crippen LogP contribution < -0.4 is 9.64 Å². The average Bonchev–Trinajstić information content (AvgIpc) is 2.35. The van der Waals surface area contributed by atoms with Crippen LogP contribution in [-0.4, -0.2) is 25.7 Å². The van der Waals surface area contributed by atoms with Crippen LogP contribution in [0, 0.1) is 5.41 Å². The Morgan fingerprint density at radius 2 is 2.06 bits per heavy atom. The average molecular weight is 249 g/mol. The molecule has 1 aliphatic rings. The third-order valence-electron chi connectivity index (χ3n) is 2.83. The highest BCUT2D eigenvalue weighted by Crippen LogP contribution is 2.30. The molecule has 0 atom stereocenters. The smallest absolute Gasteiger partial charge is 0.421 e. The minimum absolute atomic E-state index is 0.102. The summed E-state index contributed by atoms with van der Waals surface area (Å²) in [6.07, 6.45) is -0.646. The zero-order valence-corrected chi connectivity index (χ0v) is 10.6. The Labute approximate surface area is 105 Å². The molecule has 0 unspecified atom stereocenters. The van der Waals surface area contributed by atoms with E-state index in [2.05, 4.69) is 0 Å². The van der Waals surface area contributed by atoms with Crippen LogP contribution in [0.4, 0.5) is 10.5 Å². The van der Waals surface area contributed by atoms with Crippen molar-refractivity contribution in [2.24, 2.45) is 5.41 Å². The van der Waals surface area contributed by atoms with Crippen molar-refractivity contribution in [1.29, 1.82) is 0 Å². The molecule has 0 spiro atoms. The highest BCUT2D eigenvalue weighted by Gasteiger charge is 2.42. The van der Waals surface area contributed by atoms with Crippen LogP contribution in [0.25, 0.3) is 0 Å². The summed E-state index contributed by atoms with van der Waals surface area (Å²) in [7, 11) is 1.53. The maximum atomic E-state index is 12.2. The maximum absolute atomic E-state index is 12.2. The number of cyclic esters (lactones) is 1. The number of anilines is 1. The van der Waals surface area contributed by atoms with E-state index < -0.39 is 11.5 Å². The first kappa shape index (κ1) is 12.4. The Morgan fingerprint density at radius 3 is 2.72 bits per heavy atom. The summed E-state index contributed by atoms with van der Waals surface area (Å²) in [6, 6.07) is 6.76. The van der Waals surface area contributed by atoms with Gasteiger partial charge in [-0.2, -0.15) is 0 Å². The van der Waals surface area contributed by atoms with Gasteiger partial charge in [0.1, 0.15) is 12.4 Å². The van der Waals surface area contributed by atoms with Gasteiger partial charge >= 0.3 is 6.09 Å². The van der Waals surface area contributed by atoms with Crippen molar-refractivity contribution in [3.63, 3.8) is 0 Å². The second kappa shape index (κ2) is 4.33. The van der Waals surface area contributed by atoms with Crippen LogP contribution in [0.5, 0.6) is 5.75 Å². The molecular formula is C13H15NO4. The van der Waals surface area contributed by atoms with Crippen LogP contribution in [0.2, 0.25) is 0 Å². The molecule has 0 aliphatic carbocycles. The van der Waals surface area contributed by atoms with E-state index in [1.54, 1.807) is 38.1 Å². The van der Waals surface area contributed by atoms with E-state index in [0.717, 1.165) is 4.90 Å². The SMILES string of the molecule is COc1cccc(N2C(=O)OCC(C)(C)C2=O)c1. The lowest BCUT2D eigenvalue weighted by molar-refractivity contribution is -0.130. The highest BCUT2D eigenvalue weighted by atomic mass is 16.6. The standard InChI is InChI=1S/C13H15NO4/c1-13(2)8-18-12(16)14(11(13)15)9-5-4-6-10(7-9)17-3/h4-7H,8H2,1-3H3. The van der Waals surface area contributed by atoms with E-state index in [1.807, 2.05) is 0 Å². The minimum Gasteiger partial charge on any atom is -0.497 e. The largest absolute Gasteiger partial charge is 0.497 e. The number of benzene rings is 1. The number of hydrogen-bond donors (Lipinski definition) is 0. The third-order valence-corrected chi connectivity index (χ3v) is 2.83. The summed E-state index contributed by atoms with van der Waals surface area (Å²) in [6.45, 7) is 3.59. The van der Waals surface area contributed by atoms with Crippen molar-refractivity contribution in [2.45, 2.75) is 13.8 Å². The first-order chi connectivity index (χ1) is 8.45. The lowest BCUT2D eigenvalue weighted by Crippen LogP contribution is -2.52. The maximum Gasteiger partial charge on any atom is 0.421 e. The van der Waals surface area contributed by atoms with Gasteiger partial charge in [0.25, 0.3) is 0 Å². The number of carbonyl (C=O) groups is 2. The van der Waals surface area contributed by atoms with Gasteiger partial charge < -0.3 is 9.47 Å². The summed E-state index contributed by atoms with van der Waals surface area (Å²) in [5.41, 5.74) is -0.256. The Bertz CT molecular complexity index is 496. The minimum atomic E-state index is -0.711. The van der Waals surface area contributed by atoms with Gasteiger partial charge in [-0.3, -0.25) is 4.79 Å². The molecule has 2 rings (SSSR count). The lowest BCUT2D eigenvalue weighted by atomic mass is 9.91. The lowest BCUT2D eigenvalue weighted by Gasteiger charge is -2.34. The number of imide groups is 1. The Morgan fingerprint density at radius 1 is 1.33 bits per heavy atom. The predicted octanol–water partition coefficient (Wildman–Crippen LogP) is 2.20. The summed E-state index contributed by atoms with van der Waals surface area (Å²) >= 11 is 0. The van der Waals surface area contributed by atoms with Crippen LogP contribution in [-0.2, 0) is 9.53 Å². The van der Waals surface area contributed by atoms with Crippen LogP contribution in [0.15, 0.2) is 24.3 Å². The molecule has 1 aromatic carbocycles. The number of amides is 2. The molecule has 2 amide bonds. The molecule has 0 bridgehead atoms. The summed E-state index contributed by atoms with van der Waals surface area (Å²) in [5.74, 6) is 0.309. The van der Waals surface area contributed by atoms with Gasteiger partial charge in [0.15, 0.2) is 0 Å². The van der Waals surface area contributed by atoms with Crippen molar-refractivity contribution in [1.82, 2.24) is 0 Å². The third kappa shape index (κ3) is 2.03. The number of rotatable bonds is 2. The molecule has 1 heterocycles. The summed E-state index contributed by atoms with van der Waals surface area (Å²) in [4.78, 5) is 25.0. The molecular weight excluding hydrogens is 234 g/mol. The molecule has 5 nitrogen and oxygen atoms in total. The van der Waals surface area contributed by atoms with E-state index in [-0.39, 0.29) is 12.5 Å². The van der Waals surface area contributed by atoms with Crippen LogP contribution >= 0.6 is 0 Å². The van der Waals surface area contributed by atoms with E-state index in [1.165, 1.54) is 7.11 Å². The van der Waals surface area contributed by atoms with Crippen molar-refractivity contribution in [2.75, 3.05) is 18.6 Å². The zero-order valence-electron chi connectivity index (χ0n) is 10.6. The van der Waals surface area contributed by atoms with Crippen molar-refractivity contribution >= 4 is 17.7 Å². The first-order valence-corrected chi connectivity index (χ1v) is 5.61. The fourth-order valence-corrected chi connectivity index (χ4v) is 1.73. The first-order valence-electron chi connectivity index (χ1n) is 5.61. The van der Waals surface area contributed by atoms with Gasteiger partial charge in [0.05, 0.1) is 18.2 Å². The zero-order chi connectivity index (χ0) is 13.3. The number of methoxy groups -OCH3 is 1. The van der Waals surface area contributed by atoms with Gasteiger partial charge in [-0.15, -0.1) is 0 Å². The Balaban J connectivity index is 2.40. The number of hydrogen-bond acceptors (Lipinski definition) is 4. The van der Waals surface area contributed by atoms with Crippen molar-refractivity contribution in [3.8, 4) is 5.75 Å². The summed E-state index contributed by atoms with van der Waals surface area (Å²) < 4.78 is 10.1.